The number of benzene rings is 3. The average Bonchev–Trinajstić information content (AvgIpc) is 3.40. The van der Waals surface area contributed by atoms with Gasteiger partial charge in [-0.3, -0.25) is 19.4 Å². The average molecular weight is 593 g/mol. The lowest BCUT2D eigenvalue weighted by molar-refractivity contribution is 0.0303. The van der Waals surface area contributed by atoms with Gasteiger partial charge in [0.15, 0.2) is 5.82 Å². The van der Waals surface area contributed by atoms with E-state index in [0.29, 0.717) is 56.3 Å². The molecule has 0 unspecified atom stereocenters. The van der Waals surface area contributed by atoms with Crippen molar-refractivity contribution in [3.63, 3.8) is 0 Å². The Balaban J connectivity index is 1.25. The van der Waals surface area contributed by atoms with E-state index in [-0.39, 0.29) is 23.3 Å². The highest BCUT2D eigenvalue weighted by molar-refractivity contribution is 6.07. The molecule has 0 spiro atoms. The van der Waals surface area contributed by atoms with Gasteiger partial charge in [0.05, 0.1) is 18.9 Å². The zero-order chi connectivity index (χ0) is 31.0. The number of morpholine rings is 1. The van der Waals surface area contributed by atoms with Crippen LogP contribution >= 0.6 is 0 Å². The maximum Gasteiger partial charge on any atom is 0.329 e. The van der Waals surface area contributed by atoms with E-state index in [0.717, 1.165) is 33.6 Å². The largest absolute Gasteiger partial charge is 0.378 e. The van der Waals surface area contributed by atoms with Gasteiger partial charge in [0.1, 0.15) is 0 Å². The number of carbonyl (C=O) groups excluding carboxylic acids is 2. The summed E-state index contributed by atoms with van der Waals surface area (Å²) < 4.78 is 6.84. The third kappa shape index (κ3) is 5.68. The fourth-order valence-corrected chi connectivity index (χ4v) is 5.90. The van der Waals surface area contributed by atoms with Crippen LogP contribution in [-0.4, -0.2) is 65.8 Å². The summed E-state index contributed by atoms with van der Waals surface area (Å²) in [4.78, 5) is 49.6. The minimum atomic E-state index is -0.283. The summed E-state index contributed by atoms with van der Waals surface area (Å²) in [5.74, 6) is 0.125. The minimum absolute atomic E-state index is 0.0418. The first-order chi connectivity index (χ1) is 21.2. The fraction of sp³-hybridized carbons (Fsp3) is 0.294. The second-order valence-electron chi connectivity index (χ2n) is 11.4. The topological polar surface area (TPSA) is 100 Å². The van der Waals surface area contributed by atoms with Crippen LogP contribution in [0.2, 0.25) is 0 Å². The summed E-state index contributed by atoms with van der Waals surface area (Å²) in [7, 11) is 1.69. The number of aromatic nitrogens is 2. The highest BCUT2D eigenvalue weighted by atomic mass is 16.5. The predicted octanol–water partition coefficient (Wildman–Crippen LogP) is 5.04. The predicted molar refractivity (Wildman–Crippen MR) is 172 cm³/mol. The van der Waals surface area contributed by atoms with Gasteiger partial charge in [-0.05, 0) is 79.9 Å². The highest BCUT2D eigenvalue weighted by Crippen LogP contribution is 2.33. The molecule has 10 nitrogen and oxygen atoms in total. The first-order valence-corrected chi connectivity index (χ1v) is 14.8. The number of urea groups is 1. The number of carbonyl (C=O) groups is 2. The number of anilines is 4. The molecule has 3 amide bonds. The molecule has 3 aromatic carbocycles. The number of amides is 3. The van der Waals surface area contributed by atoms with Crippen molar-refractivity contribution in [2.45, 2.75) is 20.8 Å². The van der Waals surface area contributed by atoms with Gasteiger partial charge < -0.3 is 19.5 Å². The van der Waals surface area contributed by atoms with E-state index in [1.165, 1.54) is 4.57 Å². The van der Waals surface area contributed by atoms with Crippen LogP contribution < -0.4 is 20.7 Å². The van der Waals surface area contributed by atoms with E-state index in [4.69, 9.17) is 9.72 Å². The molecule has 44 heavy (non-hydrogen) atoms. The van der Waals surface area contributed by atoms with Gasteiger partial charge in [-0.15, -0.1) is 0 Å². The Morgan fingerprint density at radius 2 is 1.55 bits per heavy atom. The summed E-state index contributed by atoms with van der Waals surface area (Å²) in [5.41, 5.74) is 7.20. The summed E-state index contributed by atoms with van der Waals surface area (Å²) in [5, 5.41) is 3.14. The van der Waals surface area contributed by atoms with E-state index < -0.39 is 0 Å². The maximum absolute atomic E-state index is 13.6. The number of aryl methyl sites for hydroxylation is 3. The molecule has 2 aliphatic heterocycles. The lowest BCUT2D eigenvalue weighted by Gasteiger charge is -2.26. The standard InChI is InChI=1S/C34H36N6O4/c1-22-18-23(2)20-27(19-22)39-12-13-40(34(39)43)30-7-5-6-28(24(30)3)29-21-37(4)33(42)31(36-29)35-26-10-8-25(9-11-26)32(41)38-14-16-44-17-15-38/h5-11,18-21H,12-17H2,1-4H3,(H,35,36). The zero-order valence-corrected chi connectivity index (χ0v) is 25.5. The molecule has 3 heterocycles. The van der Waals surface area contributed by atoms with E-state index in [1.54, 1.807) is 47.3 Å². The van der Waals surface area contributed by atoms with Gasteiger partial charge in [-0.2, -0.15) is 0 Å². The molecule has 0 aliphatic carbocycles. The van der Waals surface area contributed by atoms with Crippen LogP contribution in [0.15, 0.2) is 71.7 Å². The molecule has 226 valence electrons. The van der Waals surface area contributed by atoms with Crippen molar-refractivity contribution in [2.75, 3.05) is 54.5 Å². The number of nitrogens with zero attached hydrogens (tertiary/aromatic N) is 5. The number of ether oxygens (including phenoxy) is 1. The summed E-state index contributed by atoms with van der Waals surface area (Å²) >= 11 is 0. The number of hydrogen-bond acceptors (Lipinski definition) is 6. The van der Waals surface area contributed by atoms with Crippen LogP contribution in [0.25, 0.3) is 11.3 Å². The number of hydrogen-bond donors (Lipinski definition) is 1. The van der Waals surface area contributed by atoms with Crippen molar-refractivity contribution in [2.24, 2.45) is 7.05 Å². The molecule has 6 rings (SSSR count). The van der Waals surface area contributed by atoms with Crippen molar-refractivity contribution < 1.29 is 14.3 Å². The van der Waals surface area contributed by atoms with Crippen LogP contribution in [0.5, 0.6) is 0 Å². The van der Waals surface area contributed by atoms with Crippen molar-refractivity contribution in [3.05, 3.63) is 99.5 Å². The summed E-state index contributed by atoms with van der Waals surface area (Å²) in [6.45, 7) is 9.43. The molecule has 4 aromatic rings. The molecular weight excluding hydrogens is 556 g/mol. The molecule has 0 radical (unpaired) electrons. The smallest absolute Gasteiger partial charge is 0.329 e. The third-order valence-electron chi connectivity index (χ3n) is 8.16. The van der Waals surface area contributed by atoms with Crippen LogP contribution in [0.1, 0.15) is 27.0 Å². The van der Waals surface area contributed by atoms with Crippen LogP contribution in [0, 0.1) is 20.8 Å². The van der Waals surface area contributed by atoms with Crippen molar-refractivity contribution in [1.82, 2.24) is 14.5 Å². The second-order valence-corrected chi connectivity index (χ2v) is 11.4. The second kappa shape index (κ2) is 12.0. The first-order valence-electron chi connectivity index (χ1n) is 14.8. The van der Waals surface area contributed by atoms with Crippen molar-refractivity contribution in [3.8, 4) is 11.3 Å². The SMILES string of the molecule is Cc1cc(C)cc(N2CCN(c3cccc(-c4cn(C)c(=O)c(Nc5ccc(C(=O)N6CCOCC6)cc5)n4)c3C)C2=O)c1. The highest BCUT2D eigenvalue weighted by Gasteiger charge is 2.32. The van der Waals surface area contributed by atoms with Crippen LogP contribution in [0.3, 0.4) is 0 Å². The minimum Gasteiger partial charge on any atom is -0.378 e. The molecule has 2 saturated heterocycles. The normalized spacial score (nSPS) is 15.2. The molecule has 2 aliphatic rings. The quantitative estimate of drug-likeness (QED) is 0.337. The number of nitrogens with one attached hydrogen (secondary N) is 1. The Morgan fingerprint density at radius 1 is 0.864 bits per heavy atom. The van der Waals surface area contributed by atoms with Gasteiger partial charge in [-0.1, -0.05) is 18.2 Å². The van der Waals surface area contributed by atoms with E-state index in [1.807, 2.05) is 56.0 Å². The fourth-order valence-electron chi connectivity index (χ4n) is 5.90. The van der Waals surface area contributed by atoms with Crippen molar-refractivity contribution >= 4 is 34.8 Å². The van der Waals surface area contributed by atoms with E-state index in [9.17, 15) is 14.4 Å². The van der Waals surface area contributed by atoms with Crippen molar-refractivity contribution in [1.29, 1.82) is 0 Å². The Bertz CT molecular complexity index is 1770. The van der Waals surface area contributed by atoms with Gasteiger partial charge >= 0.3 is 6.03 Å². The summed E-state index contributed by atoms with van der Waals surface area (Å²) in [6, 6.07) is 18.9. The molecule has 1 aromatic heterocycles. The van der Waals surface area contributed by atoms with E-state index in [2.05, 4.69) is 11.4 Å². The van der Waals surface area contributed by atoms with Gasteiger partial charge in [0.25, 0.3) is 11.5 Å². The van der Waals surface area contributed by atoms with Gasteiger partial charge in [-0.25, -0.2) is 9.78 Å². The maximum atomic E-state index is 13.6. The zero-order valence-electron chi connectivity index (χ0n) is 25.5. The van der Waals surface area contributed by atoms with Crippen LogP contribution in [0.4, 0.5) is 27.7 Å². The molecule has 2 fully saturated rings. The molecule has 0 saturated carbocycles. The Morgan fingerprint density at radius 3 is 2.25 bits per heavy atom. The molecular formula is C34H36N6O4. The Labute approximate surface area is 256 Å². The molecule has 0 atom stereocenters. The Kier molecular flexibility index (Phi) is 7.92. The number of rotatable bonds is 6. The Hall–Kier alpha value is -4.96. The monoisotopic (exact) mass is 592 g/mol. The van der Waals surface area contributed by atoms with Gasteiger partial charge in [0, 0.05) is 67.6 Å². The lowest BCUT2D eigenvalue weighted by atomic mass is 10.0. The molecule has 10 heteroatoms. The molecule has 1 N–H and O–H groups in total. The third-order valence-corrected chi connectivity index (χ3v) is 8.16. The summed E-state index contributed by atoms with van der Waals surface area (Å²) in [6.07, 6.45) is 1.71. The van der Waals surface area contributed by atoms with Gasteiger partial charge in [0.2, 0.25) is 0 Å². The van der Waals surface area contributed by atoms with Crippen LogP contribution in [-0.2, 0) is 11.8 Å². The molecule has 0 bridgehead atoms. The first kappa shape index (κ1) is 29.1. The van der Waals surface area contributed by atoms with E-state index >= 15 is 0 Å². The lowest BCUT2D eigenvalue weighted by Crippen LogP contribution is -2.40.